The molecule has 0 atom stereocenters. The fraction of sp³-hybridized carbons (Fsp3) is 0.154. The van der Waals surface area contributed by atoms with Crippen LogP contribution in [0, 0.1) is 26.7 Å². The van der Waals surface area contributed by atoms with Gasteiger partial charge >= 0.3 is 0 Å². The molecule has 0 bridgehead atoms. The number of fused-ring (bicyclic) bond motifs is 2. The third-order valence-electron chi connectivity index (χ3n) is 9.89. The minimum absolute atomic E-state index is 0.884. The number of rotatable bonds is 5. The SMILES string of the molecule is CCC(C)C.Cc1cccc(-c2c3ccccc3c(-c3cccc(-c4ccccc4)c3)c3ccccc23)c1.Cc1ccccc1-c1ccccc1C. The van der Waals surface area contributed by atoms with Crippen molar-refractivity contribution in [3.05, 3.63) is 193 Å². The Kier molecular flexibility index (Phi) is 11.8. The van der Waals surface area contributed by atoms with E-state index < -0.39 is 0 Å². The minimum atomic E-state index is 0.884. The van der Waals surface area contributed by atoms with Crippen LogP contribution < -0.4 is 0 Å². The average Bonchev–Trinajstić information content (AvgIpc) is 3.18. The zero-order valence-electron chi connectivity index (χ0n) is 31.5. The molecule has 0 unspecified atom stereocenters. The van der Waals surface area contributed by atoms with E-state index in [9.17, 15) is 0 Å². The van der Waals surface area contributed by atoms with E-state index in [1.54, 1.807) is 0 Å². The van der Waals surface area contributed by atoms with Crippen LogP contribution in [-0.2, 0) is 0 Å². The van der Waals surface area contributed by atoms with Crippen LogP contribution in [0.2, 0.25) is 0 Å². The highest BCUT2D eigenvalue weighted by atomic mass is 14.2. The van der Waals surface area contributed by atoms with Gasteiger partial charge in [-0.3, -0.25) is 0 Å². The van der Waals surface area contributed by atoms with Gasteiger partial charge in [0.15, 0.2) is 0 Å². The number of hydrogen-bond acceptors (Lipinski definition) is 0. The van der Waals surface area contributed by atoms with Crippen LogP contribution in [0.15, 0.2) is 176 Å². The van der Waals surface area contributed by atoms with Gasteiger partial charge in [0, 0.05) is 0 Å². The third-order valence-corrected chi connectivity index (χ3v) is 9.89. The summed E-state index contributed by atoms with van der Waals surface area (Å²) >= 11 is 0. The zero-order valence-corrected chi connectivity index (χ0v) is 31.5. The van der Waals surface area contributed by atoms with Gasteiger partial charge in [0.1, 0.15) is 0 Å². The van der Waals surface area contributed by atoms with Crippen LogP contribution in [0.1, 0.15) is 43.9 Å². The summed E-state index contributed by atoms with van der Waals surface area (Å²) in [6, 6.07) is 63.1. The van der Waals surface area contributed by atoms with Gasteiger partial charge in [0.25, 0.3) is 0 Å². The van der Waals surface area contributed by atoms with Gasteiger partial charge in [-0.2, -0.15) is 0 Å². The van der Waals surface area contributed by atoms with E-state index in [4.69, 9.17) is 0 Å². The molecule has 0 aliphatic carbocycles. The van der Waals surface area contributed by atoms with Crippen molar-refractivity contribution in [2.75, 3.05) is 0 Å². The number of aryl methyl sites for hydroxylation is 3. The van der Waals surface area contributed by atoms with Gasteiger partial charge in [0.2, 0.25) is 0 Å². The lowest BCUT2D eigenvalue weighted by atomic mass is 9.85. The van der Waals surface area contributed by atoms with Gasteiger partial charge < -0.3 is 0 Å². The van der Waals surface area contributed by atoms with E-state index >= 15 is 0 Å². The van der Waals surface area contributed by atoms with E-state index in [0.29, 0.717) is 0 Å². The van der Waals surface area contributed by atoms with Gasteiger partial charge in [-0.05, 0) is 110 Å². The maximum atomic E-state index is 2.33. The summed E-state index contributed by atoms with van der Waals surface area (Å²) in [7, 11) is 0. The van der Waals surface area contributed by atoms with Crippen LogP contribution in [0.3, 0.4) is 0 Å². The topological polar surface area (TPSA) is 0 Å². The Balaban J connectivity index is 0.000000202. The number of benzene rings is 8. The highest BCUT2D eigenvalue weighted by Crippen LogP contribution is 2.44. The molecular formula is C52H50. The molecule has 8 aromatic carbocycles. The quantitative estimate of drug-likeness (QED) is 0.159. The molecule has 0 aliphatic heterocycles. The molecule has 0 radical (unpaired) electrons. The lowest BCUT2D eigenvalue weighted by Crippen LogP contribution is -1.91. The molecule has 0 heteroatoms. The van der Waals surface area contributed by atoms with E-state index in [-0.39, 0.29) is 0 Å². The molecular weight excluding hydrogens is 625 g/mol. The van der Waals surface area contributed by atoms with Crippen molar-refractivity contribution in [2.24, 2.45) is 5.92 Å². The standard InChI is InChI=1S/C33H24.C14H14.C5H12/c1-23-11-9-15-26(21-23)32-28-17-5-7-19-30(28)33(31-20-8-6-18-29(31)32)27-16-10-14-25(22-27)24-12-3-2-4-13-24;1-11-7-3-5-9-13(11)14-10-6-4-8-12(14)2;1-4-5(2)3/h2-22H,1H3;3-10H,1-2H3;5H,4H2,1-3H3. The van der Waals surface area contributed by atoms with Gasteiger partial charge in [0.05, 0.1) is 0 Å². The molecule has 0 amide bonds. The van der Waals surface area contributed by atoms with E-state index in [2.05, 4.69) is 217 Å². The molecule has 0 nitrogen and oxygen atoms in total. The van der Waals surface area contributed by atoms with Crippen molar-refractivity contribution in [1.29, 1.82) is 0 Å². The Hall–Kier alpha value is -5.72. The van der Waals surface area contributed by atoms with Crippen LogP contribution in [-0.4, -0.2) is 0 Å². The van der Waals surface area contributed by atoms with Crippen molar-refractivity contribution >= 4 is 21.5 Å². The Labute approximate surface area is 311 Å². The van der Waals surface area contributed by atoms with E-state index in [1.165, 1.54) is 89.2 Å². The maximum Gasteiger partial charge on any atom is -0.00262 e. The molecule has 0 saturated heterocycles. The van der Waals surface area contributed by atoms with Crippen molar-refractivity contribution < 1.29 is 0 Å². The monoisotopic (exact) mass is 674 g/mol. The molecule has 0 spiro atoms. The molecule has 0 N–H and O–H groups in total. The summed E-state index contributed by atoms with van der Waals surface area (Å²) in [5.74, 6) is 0.884. The Morgan fingerprint density at radius 3 is 1.17 bits per heavy atom. The lowest BCUT2D eigenvalue weighted by molar-refractivity contribution is 0.626. The predicted octanol–water partition coefficient (Wildman–Crippen LogP) is 15.3. The highest BCUT2D eigenvalue weighted by molar-refractivity contribution is 6.21. The first-order valence-electron chi connectivity index (χ1n) is 18.6. The Bertz CT molecular complexity index is 2290. The minimum Gasteiger partial charge on any atom is -0.0651 e. The third kappa shape index (κ3) is 8.25. The van der Waals surface area contributed by atoms with Crippen LogP contribution in [0.25, 0.3) is 66.1 Å². The smallest absolute Gasteiger partial charge is 0.00262 e. The molecule has 258 valence electrons. The first kappa shape index (κ1) is 36.1. The first-order valence-corrected chi connectivity index (χ1v) is 18.6. The molecule has 0 aromatic heterocycles. The van der Waals surface area contributed by atoms with Gasteiger partial charge in [-0.15, -0.1) is 0 Å². The van der Waals surface area contributed by atoms with Crippen molar-refractivity contribution in [3.8, 4) is 44.5 Å². The predicted molar refractivity (Wildman–Crippen MR) is 229 cm³/mol. The van der Waals surface area contributed by atoms with Crippen molar-refractivity contribution in [2.45, 2.75) is 48.0 Å². The van der Waals surface area contributed by atoms with Crippen LogP contribution in [0.5, 0.6) is 0 Å². The van der Waals surface area contributed by atoms with E-state index in [1.807, 2.05) is 0 Å². The highest BCUT2D eigenvalue weighted by Gasteiger charge is 2.16. The summed E-state index contributed by atoms with van der Waals surface area (Å²) < 4.78 is 0. The van der Waals surface area contributed by atoms with Crippen molar-refractivity contribution in [1.82, 2.24) is 0 Å². The van der Waals surface area contributed by atoms with Gasteiger partial charge in [-0.1, -0.05) is 203 Å². The Morgan fingerprint density at radius 1 is 0.365 bits per heavy atom. The van der Waals surface area contributed by atoms with Crippen LogP contribution in [0.4, 0.5) is 0 Å². The molecule has 8 rings (SSSR count). The maximum absolute atomic E-state index is 2.33. The summed E-state index contributed by atoms with van der Waals surface area (Å²) in [6.07, 6.45) is 1.31. The summed E-state index contributed by atoms with van der Waals surface area (Å²) in [6.45, 7) is 13.1. The first-order chi connectivity index (χ1) is 25.4. The van der Waals surface area contributed by atoms with Crippen molar-refractivity contribution in [3.63, 3.8) is 0 Å². The van der Waals surface area contributed by atoms with Crippen LogP contribution >= 0.6 is 0 Å². The zero-order chi connectivity index (χ0) is 36.5. The second kappa shape index (κ2) is 17.0. The second-order valence-electron chi connectivity index (χ2n) is 14.1. The Morgan fingerprint density at radius 2 is 0.731 bits per heavy atom. The summed E-state index contributed by atoms with van der Waals surface area (Å²) in [4.78, 5) is 0. The summed E-state index contributed by atoms with van der Waals surface area (Å²) in [5, 5.41) is 5.17. The fourth-order valence-electron chi connectivity index (χ4n) is 6.79. The lowest BCUT2D eigenvalue weighted by Gasteiger charge is -2.18. The van der Waals surface area contributed by atoms with E-state index in [0.717, 1.165) is 5.92 Å². The molecule has 52 heavy (non-hydrogen) atoms. The largest absolute Gasteiger partial charge is 0.0651 e. The molecule has 8 aromatic rings. The molecule has 0 heterocycles. The normalized spacial score (nSPS) is 10.8. The number of hydrogen-bond donors (Lipinski definition) is 0. The second-order valence-corrected chi connectivity index (χ2v) is 14.1. The molecule has 0 fully saturated rings. The molecule has 0 saturated carbocycles. The summed E-state index contributed by atoms with van der Waals surface area (Å²) in [5.41, 5.74) is 14.2. The average molecular weight is 675 g/mol. The fourth-order valence-corrected chi connectivity index (χ4v) is 6.79. The molecule has 0 aliphatic rings. The van der Waals surface area contributed by atoms with Gasteiger partial charge in [-0.25, -0.2) is 0 Å².